The molecule has 1 N–H and O–H groups in total. The van der Waals surface area contributed by atoms with Crippen molar-refractivity contribution in [2.75, 3.05) is 37.0 Å². The van der Waals surface area contributed by atoms with Crippen molar-refractivity contribution in [3.63, 3.8) is 0 Å². The van der Waals surface area contributed by atoms with Crippen LogP contribution in [-0.4, -0.2) is 54.4 Å². The van der Waals surface area contributed by atoms with Crippen molar-refractivity contribution in [2.45, 2.75) is 19.8 Å². The number of ether oxygens (including phenoxy) is 1. The summed E-state index contributed by atoms with van der Waals surface area (Å²) in [6.45, 7) is 2.33. The number of benzene rings is 1. The predicted octanol–water partition coefficient (Wildman–Crippen LogP) is 3.47. The second-order valence-corrected chi connectivity index (χ2v) is 7.32. The zero-order valence-electron chi connectivity index (χ0n) is 14.7. The summed E-state index contributed by atoms with van der Waals surface area (Å²) in [4.78, 5) is 37.1. The molecular weight excluding hydrogens is 399 g/mol. The monoisotopic (exact) mass is 420 g/mol. The van der Waals surface area contributed by atoms with Gasteiger partial charge in [-0.2, -0.15) is 0 Å². The third-order valence-corrected chi connectivity index (χ3v) is 4.79. The Hall–Kier alpha value is -1.44. The molecule has 0 aliphatic heterocycles. The van der Waals surface area contributed by atoms with E-state index in [1.165, 1.54) is 23.8 Å². The Morgan fingerprint density at radius 3 is 2.65 bits per heavy atom. The number of amides is 2. The molecule has 0 unspecified atom stereocenters. The van der Waals surface area contributed by atoms with Gasteiger partial charge in [0.25, 0.3) is 0 Å². The van der Waals surface area contributed by atoms with Crippen LogP contribution in [0.25, 0.3) is 0 Å². The summed E-state index contributed by atoms with van der Waals surface area (Å²) >= 11 is 13.2. The van der Waals surface area contributed by atoms with Gasteiger partial charge in [0.05, 0.1) is 30.1 Å². The largest absolute Gasteiger partial charge is 0.468 e. The van der Waals surface area contributed by atoms with Crippen LogP contribution in [0.15, 0.2) is 18.2 Å². The lowest BCUT2D eigenvalue weighted by Gasteiger charge is -2.21. The van der Waals surface area contributed by atoms with E-state index in [1.54, 1.807) is 18.2 Å². The molecule has 0 radical (unpaired) electrons. The molecule has 0 fully saturated rings. The number of halogens is 2. The molecule has 0 saturated heterocycles. The molecule has 0 spiro atoms. The molecule has 0 atom stereocenters. The van der Waals surface area contributed by atoms with Crippen LogP contribution in [0.4, 0.5) is 5.69 Å². The van der Waals surface area contributed by atoms with Crippen molar-refractivity contribution < 1.29 is 19.1 Å². The Kier molecular flexibility index (Phi) is 10.5. The predicted molar refractivity (Wildman–Crippen MR) is 106 cm³/mol. The van der Waals surface area contributed by atoms with E-state index in [2.05, 4.69) is 10.1 Å². The molecule has 26 heavy (non-hydrogen) atoms. The molecule has 1 aromatic rings. The Morgan fingerprint density at radius 2 is 2.00 bits per heavy atom. The van der Waals surface area contributed by atoms with Crippen LogP contribution in [0.5, 0.6) is 0 Å². The molecule has 0 saturated carbocycles. The zero-order valence-corrected chi connectivity index (χ0v) is 17.0. The standard InChI is InChI=1S/C17H22Cl2N2O4S/c1-3-7-21(16(23)6-8-26-11-17(24)25-2)10-15(22)20-14-9-12(18)4-5-13(14)19/h4-5,9H,3,6-8,10-11H2,1-2H3,(H,20,22). The van der Waals surface area contributed by atoms with Crippen LogP contribution < -0.4 is 5.32 Å². The SMILES string of the molecule is CCCN(CC(=O)Nc1cc(Cl)ccc1Cl)C(=O)CCSCC(=O)OC. The van der Waals surface area contributed by atoms with Crippen LogP contribution in [0.1, 0.15) is 19.8 Å². The molecule has 9 heteroatoms. The highest BCUT2D eigenvalue weighted by molar-refractivity contribution is 7.99. The van der Waals surface area contributed by atoms with Gasteiger partial charge in [0, 0.05) is 23.7 Å². The number of rotatable bonds is 10. The highest BCUT2D eigenvalue weighted by atomic mass is 35.5. The lowest BCUT2D eigenvalue weighted by atomic mass is 10.3. The third-order valence-electron chi connectivity index (χ3n) is 3.29. The molecule has 6 nitrogen and oxygen atoms in total. The van der Waals surface area contributed by atoms with Crippen molar-refractivity contribution in [3.05, 3.63) is 28.2 Å². The first-order chi connectivity index (χ1) is 12.4. The van der Waals surface area contributed by atoms with Crippen molar-refractivity contribution in [2.24, 2.45) is 0 Å². The molecule has 1 aromatic carbocycles. The maximum absolute atomic E-state index is 12.3. The Labute approximate surface area is 167 Å². The fourth-order valence-electron chi connectivity index (χ4n) is 2.05. The van der Waals surface area contributed by atoms with Gasteiger partial charge in [-0.05, 0) is 24.6 Å². The topological polar surface area (TPSA) is 75.7 Å². The first-order valence-electron chi connectivity index (χ1n) is 8.04. The summed E-state index contributed by atoms with van der Waals surface area (Å²) in [6.07, 6.45) is 0.971. The summed E-state index contributed by atoms with van der Waals surface area (Å²) < 4.78 is 4.54. The number of nitrogens with zero attached hydrogens (tertiary/aromatic N) is 1. The van der Waals surface area contributed by atoms with E-state index in [1.807, 2.05) is 6.92 Å². The molecular formula is C17H22Cl2N2O4S. The lowest BCUT2D eigenvalue weighted by molar-refractivity contribution is -0.137. The van der Waals surface area contributed by atoms with Crippen LogP contribution >= 0.6 is 35.0 Å². The fraction of sp³-hybridized carbons (Fsp3) is 0.471. The maximum Gasteiger partial charge on any atom is 0.315 e. The Balaban J connectivity index is 2.54. The number of nitrogens with one attached hydrogen (secondary N) is 1. The average Bonchev–Trinajstić information content (AvgIpc) is 2.61. The quantitative estimate of drug-likeness (QED) is 0.463. The minimum Gasteiger partial charge on any atom is -0.468 e. The minimum absolute atomic E-state index is 0.0722. The number of thioether (sulfide) groups is 1. The number of esters is 1. The Morgan fingerprint density at radius 1 is 1.27 bits per heavy atom. The zero-order chi connectivity index (χ0) is 19.5. The number of hydrogen-bond acceptors (Lipinski definition) is 5. The highest BCUT2D eigenvalue weighted by Crippen LogP contribution is 2.25. The number of hydrogen-bond donors (Lipinski definition) is 1. The van der Waals surface area contributed by atoms with E-state index >= 15 is 0 Å². The van der Waals surface area contributed by atoms with Crippen molar-refractivity contribution in [1.29, 1.82) is 0 Å². The molecule has 0 aromatic heterocycles. The van der Waals surface area contributed by atoms with Gasteiger partial charge in [0.1, 0.15) is 0 Å². The van der Waals surface area contributed by atoms with E-state index in [-0.39, 0.29) is 36.5 Å². The van der Waals surface area contributed by atoms with E-state index in [0.29, 0.717) is 28.0 Å². The molecule has 0 bridgehead atoms. The van der Waals surface area contributed by atoms with Crippen LogP contribution in [0, 0.1) is 0 Å². The summed E-state index contributed by atoms with van der Waals surface area (Å²) in [6, 6.07) is 4.77. The number of methoxy groups -OCH3 is 1. The van der Waals surface area contributed by atoms with Gasteiger partial charge in [-0.1, -0.05) is 30.1 Å². The maximum atomic E-state index is 12.3. The highest BCUT2D eigenvalue weighted by Gasteiger charge is 2.17. The molecule has 0 aliphatic carbocycles. The average molecular weight is 421 g/mol. The molecule has 1 rings (SSSR count). The van der Waals surface area contributed by atoms with Crippen LogP contribution in [0.2, 0.25) is 10.0 Å². The summed E-state index contributed by atoms with van der Waals surface area (Å²) in [5.41, 5.74) is 0.404. The third kappa shape index (κ3) is 8.29. The van der Waals surface area contributed by atoms with Gasteiger partial charge in [-0.25, -0.2) is 0 Å². The smallest absolute Gasteiger partial charge is 0.315 e. The molecule has 0 heterocycles. The van der Waals surface area contributed by atoms with Crippen LogP contribution in [-0.2, 0) is 19.1 Å². The van der Waals surface area contributed by atoms with Crippen molar-refractivity contribution in [3.8, 4) is 0 Å². The first kappa shape index (κ1) is 22.6. The van der Waals surface area contributed by atoms with Crippen molar-refractivity contribution in [1.82, 2.24) is 4.90 Å². The van der Waals surface area contributed by atoms with Gasteiger partial charge in [-0.3, -0.25) is 14.4 Å². The fourth-order valence-corrected chi connectivity index (χ4v) is 3.13. The van der Waals surface area contributed by atoms with Gasteiger partial charge >= 0.3 is 5.97 Å². The summed E-state index contributed by atoms with van der Waals surface area (Å²) in [7, 11) is 1.32. The van der Waals surface area contributed by atoms with E-state index in [0.717, 1.165) is 6.42 Å². The second kappa shape index (κ2) is 12.0. The first-order valence-corrected chi connectivity index (χ1v) is 9.95. The van der Waals surface area contributed by atoms with Gasteiger partial charge in [0.15, 0.2) is 0 Å². The minimum atomic E-state index is -0.349. The summed E-state index contributed by atoms with van der Waals surface area (Å²) in [5.74, 6) is -0.137. The summed E-state index contributed by atoms with van der Waals surface area (Å²) in [5, 5.41) is 3.49. The van der Waals surface area contributed by atoms with Crippen molar-refractivity contribution >= 4 is 58.4 Å². The Bertz CT molecular complexity index is 643. The van der Waals surface area contributed by atoms with E-state index < -0.39 is 0 Å². The lowest BCUT2D eigenvalue weighted by Crippen LogP contribution is -2.38. The van der Waals surface area contributed by atoms with E-state index in [4.69, 9.17) is 23.2 Å². The van der Waals surface area contributed by atoms with Gasteiger partial charge in [0.2, 0.25) is 11.8 Å². The second-order valence-electron chi connectivity index (χ2n) is 5.37. The normalized spacial score (nSPS) is 10.3. The number of carbonyl (C=O) groups is 3. The molecule has 0 aliphatic rings. The van der Waals surface area contributed by atoms with E-state index in [9.17, 15) is 14.4 Å². The molecule has 144 valence electrons. The molecule has 2 amide bonds. The van der Waals surface area contributed by atoms with Crippen LogP contribution in [0.3, 0.4) is 0 Å². The number of carbonyl (C=O) groups excluding carboxylic acids is 3. The van der Waals surface area contributed by atoms with Gasteiger partial charge in [-0.15, -0.1) is 11.8 Å². The van der Waals surface area contributed by atoms with Gasteiger partial charge < -0.3 is 15.0 Å². The number of anilines is 1.